The van der Waals surface area contributed by atoms with E-state index in [4.69, 9.17) is 10.6 Å². The summed E-state index contributed by atoms with van der Waals surface area (Å²) in [6.45, 7) is 2.92. The van der Waals surface area contributed by atoms with E-state index in [9.17, 15) is 0 Å². The molecule has 3 nitrogen and oxygen atoms in total. The maximum atomic E-state index is 5.64. The summed E-state index contributed by atoms with van der Waals surface area (Å²) in [5.41, 5.74) is 4.19. The third-order valence-corrected chi connectivity index (χ3v) is 3.04. The van der Waals surface area contributed by atoms with Gasteiger partial charge in [0, 0.05) is 17.5 Å². The first-order valence-electron chi connectivity index (χ1n) is 5.54. The number of hydrogen-bond donors (Lipinski definition) is 2. The fourth-order valence-electron chi connectivity index (χ4n) is 2.23. The highest BCUT2D eigenvalue weighted by atomic mass is 16.5. The van der Waals surface area contributed by atoms with Crippen molar-refractivity contribution < 1.29 is 4.74 Å². The summed E-state index contributed by atoms with van der Waals surface area (Å²) < 4.78 is 5.64. The topological polar surface area (TPSA) is 47.3 Å². The second kappa shape index (κ2) is 4.64. The maximum absolute atomic E-state index is 5.64. The van der Waals surface area contributed by atoms with Gasteiger partial charge in [0.25, 0.3) is 0 Å². The third-order valence-electron chi connectivity index (χ3n) is 3.04. The van der Waals surface area contributed by atoms with Gasteiger partial charge in [0.15, 0.2) is 0 Å². The van der Waals surface area contributed by atoms with Crippen molar-refractivity contribution >= 4 is 0 Å². The Kier molecular flexibility index (Phi) is 3.23. The molecule has 1 aliphatic heterocycles. The van der Waals surface area contributed by atoms with Crippen LogP contribution >= 0.6 is 0 Å². The first-order chi connectivity index (χ1) is 7.36. The number of fused-ring (bicyclic) bond motifs is 1. The molecule has 0 aromatic heterocycles. The number of ether oxygens (including phenoxy) is 1. The van der Waals surface area contributed by atoms with E-state index in [2.05, 4.69) is 24.5 Å². The molecule has 0 amide bonds. The summed E-state index contributed by atoms with van der Waals surface area (Å²) in [6, 6.07) is 8.53. The lowest BCUT2D eigenvalue weighted by atomic mass is 9.91. The number of nitrogens with two attached hydrogens (primary N) is 1. The van der Waals surface area contributed by atoms with Crippen LogP contribution in [0.25, 0.3) is 0 Å². The van der Waals surface area contributed by atoms with E-state index in [1.807, 2.05) is 12.1 Å². The van der Waals surface area contributed by atoms with Gasteiger partial charge in [-0.2, -0.15) is 0 Å². The number of para-hydroxylation sites is 1. The minimum atomic E-state index is 0.318. The average molecular weight is 206 g/mol. The fraction of sp³-hybridized carbons (Fsp3) is 0.500. The van der Waals surface area contributed by atoms with Crippen molar-refractivity contribution in [3.63, 3.8) is 0 Å². The minimum absolute atomic E-state index is 0.318. The van der Waals surface area contributed by atoms with Crippen molar-refractivity contribution in [2.75, 3.05) is 6.61 Å². The number of hydrazine groups is 1. The van der Waals surface area contributed by atoms with Crippen LogP contribution in [0.1, 0.15) is 31.2 Å². The Labute approximate surface area is 90.6 Å². The highest BCUT2D eigenvalue weighted by molar-refractivity contribution is 5.40. The predicted octanol–water partition coefficient (Wildman–Crippen LogP) is 1.79. The van der Waals surface area contributed by atoms with Crippen molar-refractivity contribution in [2.45, 2.75) is 31.7 Å². The Morgan fingerprint density at radius 3 is 3.07 bits per heavy atom. The predicted molar refractivity (Wildman–Crippen MR) is 60.7 cm³/mol. The highest BCUT2D eigenvalue weighted by Crippen LogP contribution is 2.36. The molecule has 3 heteroatoms. The molecule has 0 fully saturated rings. The zero-order chi connectivity index (χ0) is 10.7. The summed E-state index contributed by atoms with van der Waals surface area (Å²) in [5.74, 6) is 7.00. The molecule has 82 valence electrons. The van der Waals surface area contributed by atoms with Gasteiger partial charge in [0.1, 0.15) is 5.75 Å². The Morgan fingerprint density at radius 2 is 2.33 bits per heavy atom. The molecule has 2 atom stereocenters. The van der Waals surface area contributed by atoms with E-state index in [0.717, 1.165) is 25.2 Å². The molecule has 0 aliphatic carbocycles. The summed E-state index contributed by atoms with van der Waals surface area (Å²) in [5, 5.41) is 0. The van der Waals surface area contributed by atoms with Crippen LogP contribution in [-0.4, -0.2) is 12.6 Å². The monoisotopic (exact) mass is 206 g/mol. The molecule has 1 aromatic carbocycles. The third kappa shape index (κ3) is 1.98. The zero-order valence-electron chi connectivity index (χ0n) is 9.07. The van der Waals surface area contributed by atoms with Gasteiger partial charge in [-0.1, -0.05) is 31.5 Å². The number of rotatable bonds is 4. The molecule has 3 N–H and O–H groups in total. The van der Waals surface area contributed by atoms with E-state index in [1.165, 1.54) is 5.56 Å². The number of nitrogens with one attached hydrogen (secondary N) is 1. The molecule has 1 aromatic rings. The molecule has 2 unspecified atom stereocenters. The van der Waals surface area contributed by atoms with Crippen LogP contribution in [0.15, 0.2) is 24.3 Å². The van der Waals surface area contributed by atoms with Crippen molar-refractivity contribution in [2.24, 2.45) is 5.84 Å². The van der Waals surface area contributed by atoms with E-state index in [0.29, 0.717) is 12.0 Å². The number of benzene rings is 1. The first-order valence-corrected chi connectivity index (χ1v) is 5.54. The second-order valence-electron chi connectivity index (χ2n) is 4.02. The second-order valence-corrected chi connectivity index (χ2v) is 4.02. The van der Waals surface area contributed by atoms with Gasteiger partial charge >= 0.3 is 0 Å². The first kappa shape index (κ1) is 10.5. The number of hydrogen-bond acceptors (Lipinski definition) is 3. The average Bonchev–Trinajstić information content (AvgIpc) is 2.70. The van der Waals surface area contributed by atoms with Crippen LogP contribution < -0.4 is 16.0 Å². The van der Waals surface area contributed by atoms with Crippen molar-refractivity contribution in [3.05, 3.63) is 29.8 Å². The SMILES string of the molecule is CCCC(NN)C1COc2ccccc21. The standard InChI is InChI=1S/C12H18N2O/c1-2-5-11(14-13)10-8-15-12-7-4-3-6-9(10)12/h3-4,6-7,10-11,14H,2,5,8,13H2,1H3. The Morgan fingerprint density at radius 1 is 1.53 bits per heavy atom. The molecule has 0 radical (unpaired) electrons. The normalized spacial score (nSPS) is 20.8. The molecule has 0 saturated carbocycles. The van der Waals surface area contributed by atoms with E-state index in [-0.39, 0.29) is 0 Å². The van der Waals surface area contributed by atoms with Gasteiger partial charge in [-0.15, -0.1) is 0 Å². The van der Waals surface area contributed by atoms with Crippen LogP contribution in [0.4, 0.5) is 0 Å². The highest BCUT2D eigenvalue weighted by Gasteiger charge is 2.29. The van der Waals surface area contributed by atoms with Crippen molar-refractivity contribution in [1.82, 2.24) is 5.43 Å². The lowest BCUT2D eigenvalue weighted by molar-refractivity contribution is 0.292. The molecular formula is C12H18N2O. The molecule has 15 heavy (non-hydrogen) atoms. The molecule has 1 aliphatic rings. The lowest BCUT2D eigenvalue weighted by Crippen LogP contribution is -2.40. The Balaban J connectivity index is 2.18. The summed E-state index contributed by atoms with van der Waals surface area (Å²) in [4.78, 5) is 0. The van der Waals surface area contributed by atoms with E-state index >= 15 is 0 Å². The van der Waals surface area contributed by atoms with Gasteiger partial charge < -0.3 is 4.74 Å². The summed E-state index contributed by atoms with van der Waals surface area (Å²) in [7, 11) is 0. The zero-order valence-corrected chi connectivity index (χ0v) is 9.07. The van der Waals surface area contributed by atoms with Crippen molar-refractivity contribution in [3.8, 4) is 5.75 Å². The molecule has 1 heterocycles. The van der Waals surface area contributed by atoms with Gasteiger partial charge in [0.05, 0.1) is 6.61 Å². The minimum Gasteiger partial charge on any atom is -0.493 e. The lowest BCUT2D eigenvalue weighted by Gasteiger charge is -2.21. The van der Waals surface area contributed by atoms with Gasteiger partial charge in [-0.25, -0.2) is 0 Å². The van der Waals surface area contributed by atoms with Crippen LogP contribution in [0, 0.1) is 0 Å². The van der Waals surface area contributed by atoms with Crippen molar-refractivity contribution in [1.29, 1.82) is 0 Å². The molecule has 2 rings (SSSR count). The Hall–Kier alpha value is -1.06. The van der Waals surface area contributed by atoms with Gasteiger partial charge in [0.2, 0.25) is 0 Å². The smallest absolute Gasteiger partial charge is 0.122 e. The fourth-order valence-corrected chi connectivity index (χ4v) is 2.23. The molecule has 0 spiro atoms. The van der Waals surface area contributed by atoms with Crippen LogP contribution in [0.2, 0.25) is 0 Å². The molecular weight excluding hydrogens is 188 g/mol. The van der Waals surface area contributed by atoms with Crippen LogP contribution in [-0.2, 0) is 0 Å². The van der Waals surface area contributed by atoms with Gasteiger partial charge in [-0.05, 0) is 12.5 Å². The summed E-state index contributed by atoms with van der Waals surface area (Å²) in [6.07, 6.45) is 2.21. The molecule has 0 bridgehead atoms. The van der Waals surface area contributed by atoms with E-state index in [1.54, 1.807) is 0 Å². The summed E-state index contributed by atoms with van der Waals surface area (Å²) >= 11 is 0. The van der Waals surface area contributed by atoms with Crippen LogP contribution in [0.5, 0.6) is 5.75 Å². The van der Waals surface area contributed by atoms with Gasteiger partial charge in [-0.3, -0.25) is 11.3 Å². The van der Waals surface area contributed by atoms with E-state index < -0.39 is 0 Å². The molecule has 0 saturated heterocycles. The maximum Gasteiger partial charge on any atom is 0.122 e. The Bertz CT molecular complexity index is 327. The quantitative estimate of drug-likeness (QED) is 0.583. The largest absolute Gasteiger partial charge is 0.493 e. The van der Waals surface area contributed by atoms with Crippen LogP contribution in [0.3, 0.4) is 0 Å².